The second kappa shape index (κ2) is 23.1. The van der Waals surface area contributed by atoms with Crippen LogP contribution in [0.4, 0.5) is 28.4 Å². The van der Waals surface area contributed by atoms with Gasteiger partial charge in [-0.15, -0.1) is 0 Å². The lowest BCUT2D eigenvalue weighted by molar-refractivity contribution is -0.385. The third-order valence-corrected chi connectivity index (χ3v) is 7.75. The van der Waals surface area contributed by atoms with Crippen molar-refractivity contribution in [1.29, 1.82) is 10.5 Å². The lowest BCUT2D eigenvalue weighted by atomic mass is 10.1. The molecule has 274 valence electrons. The van der Waals surface area contributed by atoms with Gasteiger partial charge >= 0.3 is 5.69 Å². The van der Waals surface area contributed by atoms with Gasteiger partial charge in [-0.2, -0.15) is 10.5 Å². The number of hydrogen-bond acceptors (Lipinski definition) is 10. The van der Waals surface area contributed by atoms with Gasteiger partial charge in [0, 0.05) is 74.5 Å². The maximum atomic E-state index is 10.7. The molecule has 3 rings (SSSR count). The van der Waals surface area contributed by atoms with E-state index in [9.17, 15) is 25.3 Å². The Hall–Kier alpha value is -5.33. The first-order chi connectivity index (χ1) is 24.3. The fraction of sp³-hybridized carbons (Fsp3) is 0.421. The summed E-state index contributed by atoms with van der Waals surface area (Å²) in [6, 6.07) is 18.6. The van der Waals surface area contributed by atoms with E-state index >= 15 is 0 Å². The van der Waals surface area contributed by atoms with E-state index in [0.29, 0.717) is 17.1 Å². The quantitative estimate of drug-likeness (QED) is 0.0856. The van der Waals surface area contributed by atoms with Crippen LogP contribution in [-0.2, 0) is 0 Å². The van der Waals surface area contributed by atoms with Crippen LogP contribution in [0.25, 0.3) is 0 Å². The molecule has 0 saturated heterocycles. The summed E-state index contributed by atoms with van der Waals surface area (Å²) in [5, 5.41) is 49.2. The molecule has 0 amide bonds. The minimum absolute atomic E-state index is 0.0812. The van der Waals surface area contributed by atoms with Crippen LogP contribution in [0.15, 0.2) is 66.7 Å². The lowest BCUT2D eigenvalue weighted by Gasteiger charge is -2.24. The van der Waals surface area contributed by atoms with Crippen LogP contribution in [0, 0.1) is 42.9 Å². The normalized spacial score (nSPS) is 9.90. The maximum Gasteiger partial charge on any atom is 0.310 e. The van der Waals surface area contributed by atoms with E-state index in [0.717, 1.165) is 81.0 Å². The van der Waals surface area contributed by atoms with Crippen molar-refractivity contribution in [3.63, 3.8) is 0 Å². The van der Waals surface area contributed by atoms with E-state index in [4.69, 9.17) is 22.1 Å². The van der Waals surface area contributed by atoms with Crippen LogP contribution in [-0.4, -0.2) is 54.2 Å². The van der Waals surface area contributed by atoms with E-state index in [1.54, 1.807) is 24.3 Å². The van der Waals surface area contributed by atoms with Gasteiger partial charge in [0.1, 0.15) is 17.7 Å². The monoisotopic (exact) mass is 719 g/mol. The maximum absolute atomic E-state index is 10.7. The fourth-order valence-electron chi connectivity index (χ4n) is 5.15. The molecule has 0 bridgehead atoms. The van der Waals surface area contributed by atoms with Crippen molar-refractivity contribution in [3.8, 4) is 17.9 Å². The van der Waals surface area contributed by atoms with Crippen molar-refractivity contribution in [2.24, 2.45) is 0 Å². The number of nitriles is 2. The molecule has 12 nitrogen and oxygen atoms in total. The molecule has 13 heteroatoms. The molecule has 0 aliphatic rings. The predicted molar refractivity (Wildman–Crippen MR) is 207 cm³/mol. The van der Waals surface area contributed by atoms with Crippen molar-refractivity contribution < 1.29 is 15.0 Å². The Morgan fingerprint density at radius 2 is 1.16 bits per heavy atom. The summed E-state index contributed by atoms with van der Waals surface area (Å²) in [4.78, 5) is 26.6. The third kappa shape index (κ3) is 14.2. The number of nitrogens with zero attached hydrogens (tertiary/aromatic N) is 7. The zero-order valence-corrected chi connectivity index (χ0v) is 31.3. The summed E-state index contributed by atoms with van der Waals surface area (Å²) in [6.45, 7) is 21.4. The molecular weight excluding hydrogens is 670 g/mol. The Bertz CT molecular complexity index is 1670. The molecule has 0 radical (unpaired) electrons. The van der Waals surface area contributed by atoms with Gasteiger partial charge in [-0.1, -0.05) is 51.4 Å². The summed E-state index contributed by atoms with van der Waals surface area (Å²) < 4.78 is 0. The summed E-state index contributed by atoms with van der Waals surface area (Å²) in [5.41, 5.74) is 3.94. The van der Waals surface area contributed by atoms with Gasteiger partial charge < -0.3 is 19.8 Å². The van der Waals surface area contributed by atoms with E-state index in [1.807, 2.05) is 36.9 Å². The van der Waals surface area contributed by atoms with Crippen molar-refractivity contribution in [2.45, 2.75) is 67.2 Å². The van der Waals surface area contributed by atoms with E-state index in [2.05, 4.69) is 50.1 Å². The number of likely N-dealkylation sites (N-methyl/N-ethyl adjacent to an activating group) is 1. The highest BCUT2D eigenvalue weighted by Crippen LogP contribution is 2.30. The second-order valence-corrected chi connectivity index (χ2v) is 12.1. The standard InChI is InChI=1S/C13H17ClN2.C13H15N3O2.C12H18N2O3/c1-3-7-16(8-4-2)12-6-5-11(10-15)13(14)9-12;1-4-15(9-10(2)3)12-5-6-13(16(17)18)11(7-12)8-14;1-3-7-13(8-4-2)10-5-6-11(14(16)17)12(15)9-10/h5-6,9H,3-4,7-8H2,1-2H3;5-7H,2,4,9H2,1,3H3;5-6,9,15H,3-4,7-8H2,1-2H3. The highest BCUT2D eigenvalue weighted by atomic mass is 35.5. The van der Waals surface area contributed by atoms with Gasteiger partial charge in [0.05, 0.1) is 20.4 Å². The Kier molecular flexibility index (Phi) is 19.8. The first kappa shape index (κ1) is 43.7. The first-order valence-corrected chi connectivity index (χ1v) is 17.4. The Morgan fingerprint density at radius 1 is 0.725 bits per heavy atom. The number of phenolic OH excluding ortho intramolecular Hbond substituents is 1. The number of hydrogen-bond donors (Lipinski definition) is 1. The predicted octanol–water partition coefficient (Wildman–Crippen LogP) is 9.63. The van der Waals surface area contributed by atoms with Crippen LogP contribution in [0.1, 0.15) is 78.4 Å². The average Bonchev–Trinajstić information content (AvgIpc) is 3.10. The third-order valence-electron chi connectivity index (χ3n) is 7.44. The minimum Gasteiger partial charge on any atom is -0.502 e. The Labute approximate surface area is 307 Å². The number of rotatable bonds is 16. The molecule has 0 unspecified atom stereocenters. The molecule has 3 aromatic carbocycles. The number of anilines is 3. The van der Waals surface area contributed by atoms with Gasteiger partial charge in [0.2, 0.25) is 0 Å². The van der Waals surface area contributed by atoms with Crippen LogP contribution in [0.2, 0.25) is 5.02 Å². The number of halogens is 1. The van der Waals surface area contributed by atoms with Crippen LogP contribution >= 0.6 is 11.6 Å². The van der Waals surface area contributed by atoms with Gasteiger partial charge in [-0.25, -0.2) is 0 Å². The molecule has 0 aliphatic carbocycles. The molecule has 1 N–H and O–H groups in total. The SMILES string of the molecule is C=C(C)CN(CC)c1ccc([N+](=O)[O-])c(C#N)c1.CCCN(CCC)c1ccc(C#N)c(Cl)c1.CCCN(CCC)c1ccc([N+](=O)[O-])c(O)c1. The molecule has 0 aliphatic heterocycles. The number of benzene rings is 3. The number of nitro benzene ring substituents is 2. The molecule has 0 atom stereocenters. The lowest BCUT2D eigenvalue weighted by Crippen LogP contribution is -2.24. The topological polar surface area (TPSA) is 164 Å². The molecule has 0 heterocycles. The summed E-state index contributed by atoms with van der Waals surface area (Å²) in [7, 11) is 0. The number of aromatic hydroxyl groups is 1. The van der Waals surface area contributed by atoms with Gasteiger partial charge in [-0.3, -0.25) is 20.2 Å². The van der Waals surface area contributed by atoms with Crippen molar-refractivity contribution in [2.75, 3.05) is 54.0 Å². The largest absolute Gasteiger partial charge is 0.502 e. The highest BCUT2D eigenvalue weighted by molar-refractivity contribution is 6.32. The van der Waals surface area contributed by atoms with E-state index in [1.165, 1.54) is 18.2 Å². The second-order valence-electron chi connectivity index (χ2n) is 11.7. The van der Waals surface area contributed by atoms with Gasteiger partial charge in [-0.05, 0) is 75.9 Å². The molecule has 0 saturated carbocycles. The van der Waals surface area contributed by atoms with Crippen LogP contribution in [0.3, 0.4) is 0 Å². The van der Waals surface area contributed by atoms with Gasteiger partial charge in [0.15, 0.2) is 5.75 Å². The Morgan fingerprint density at radius 3 is 1.53 bits per heavy atom. The fourth-order valence-corrected chi connectivity index (χ4v) is 5.37. The first-order valence-electron chi connectivity index (χ1n) is 17.1. The highest BCUT2D eigenvalue weighted by Gasteiger charge is 2.17. The average molecular weight is 720 g/mol. The molecule has 3 aromatic rings. The molecular formula is C38H50ClN7O5. The smallest absolute Gasteiger partial charge is 0.310 e. The van der Waals surface area contributed by atoms with Crippen molar-refractivity contribution in [3.05, 3.63) is 103 Å². The minimum atomic E-state index is -0.580. The van der Waals surface area contributed by atoms with Crippen LogP contribution in [0.5, 0.6) is 5.75 Å². The molecule has 51 heavy (non-hydrogen) atoms. The Balaban J connectivity index is 0.000000383. The summed E-state index contributed by atoms with van der Waals surface area (Å²) in [6.07, 6.45) is 4.21. The number of nitro groups is 2. The zero-order valence-electron chi connectivity index (χ0n) is 30.6. The van der Waals surface area contributed by atoms with E-state index in [-0.39, 0.29) is 22.7 Å². The number of phenols is 1. The molecule has 0 spiro atoms. The zero-order chi connectivity index (χ0) is 38.5. The summed E-state index contributed by atoms with van der Waals surface area (Å²) in [5.74, 6) is -0.273. The van der Waals surface area contributed by atoms with Crippen LogP contribution < -0.4 is 14.7 Å². The van der Waals surface area contributed by atoms with E-state index < -0.39 is 9.85 Å². The molecule has 0 aromatic heterocycles. The summed E-state index contributed by atoms with van der Waals surface area (Å²) >= 11 is 6.02. The van der Waals surface area contributed by atoms with Crippen molar-refractivity contribution >= 4 is 40.0 Å². The molecule has 0 fully saturated rings. The van der Waals surface area contributed by atoms with Crippen molar-refractivity contribution in [1.82, 2.24) is 0 Å². The van der Waals surface area contributed by atoms with Gasteiger partial charge in [0.25, 0.3) is 5.69 Å².